The minimum absolute atomic E-state index is 0.202. The van der Waals surface area contributed by atoms with Crippen LogP contribution in [0.5, 0.6) is 0 Å². The second kappa shape index (κ2) is 3.71. The van der Waals surface area contributed by atoms with Gasteiger partial charge in [-0.25, -0.2) is 0 Å². The lowest BCUT2D eigenvalue weighted by atomic mass is 9.78. The smallest absolute Gasteiger partial charge is 0.423 e. The Morgan fingerprint density at radius 3 is 2.65 bits per heavy atom. The van der Waals surface area contributed by atoms with Crippen LogP contribution < -0.4 is 5.46 Å². The lowest BCUT2D eigenvalue weighted by Crippen LogP contribution is -2.29. The van der Waals surface area contributed by atoms with Crippen molar-refractivity contribution in [2.24, 2.45) is 0 Å². The first-order chi connectivity index (χ1) is 7.80. The number of nitro groups is 1. The number of rotatable bonds is 1. The molecule has 90 valence electrons. The lowest BCUT2D eigenvalue weighted by Gasteiger charge is -2.10. The van der Waals surface area contributed by atoms with Crippen LogP contribution in [-0.4, -0.2) is 17.1 Å². The molecule has 0 aromatic heterocycles. The van der Waals surface area contributed by atoms with E-state index in [9.17, 15) is 28.3 Å². The van der Waals surface area contributed by atoms with Gasteiger partial charge in [0.1, 0.15) is 0 Å². The highest BCUT2D eigenvalue weighted by molar-refractivity contribution is 6.61. The number of hydrogen-bond donors (Lipinski definition) is 1. The summed E-state index contributed by atoms with van der Waals surface area (Å²) >= 11 is 0. The first kappa shape index (κ1) is 11.9. The second-order valence-corrected chi connectivity index (χ2v) is 3.48. The maximum Gasteiger partial charge on any atom is 0.492 e. The Kier molecular flexibility index (Phi) is 2.59. The molecule has 1 aromatic carbocycles. The van der Waals surface area contributed by atoms with E-state index in [0.717, 1.165) is 6.07 Å². The number of hydrogen-bond acceptors (Lipinski definition) is 4. The van der Waals surface area contributed by atoms with E-state index in [1.807, 2.05) is 0 Å². The zero-order valence-electron chi connectivity index (χ0n) is 8.19. The van der Waals surface area contributed by atoms with Crippen molar-refractivity contribution in [1.29, 1.82) is 0 Å². The van der Waals surface area contributed by atoms with Gasteiger partial charge >= 0.3 is 13.3 Å². The Balaban J connectivity index is 2.67. The van der Waals surface area contributed by atoms with Crippen molar-refractivity contribution >= 4 is 18.3 Å². The summed E-state index contributed by atoms with van der Waals surface area (Å²) in [4.78, 5) is 9.56. The van der Waals surface area contributed by atoms with Crippen molar-refractivity contribution in [1.82, 2.24) is 0 Å². The van der Waals surface area contributed by atoms with E-state index in [1.54, 1.807) is 0 Å². The molecule has 0 unspecified atom stereocenters. The van der Waals surface area contributed by atoms with Crippen LogP contribution in [0.25, 0.3) is 0 Å². The fraction of sp³-hybridized carbons (Fsp3) is 0.250. The van der Waals surface area contributed by atoms with Crippen LogP contribution >= 0.6 is 0 Å². The van der Waals surface area contributed by atoms with Gasteiger partial charge in [0.2, 0.25) is 0 Å². The highest BCUT2D eigenvalue weighted by atomic mass is 19.4. The third kappa shape index (κ3) is 1.98. The number of halogens is 3. The fourth-order valence-corrected chi connectivity index (χ4v) is 1.67. The summed E-state index contributed by atoms with van der Waals surface area (Å²) in [5.41, 5.74) is -2.32. The minimum atomic E-state index is -4.72. The molecule has 1 aromatic rings. The summed E-state index contributed by atoms with van der Waals surface area (Å²) < 4.78 is 42.6. The average Bonchev–Trinajstić information content (AvgIpc) is 2.58. The van der Waals surface area contributed by atoms with Gasteiger partial charge in [0.25, 0.3) is 5.69 Å². The van der Waals surface area contributed by atoms with Crippen molar-refractivity contribution in [2.75, 3.05) is 0 Å². The molecule has 0 aliphatic carbocycles. The molecule has 9 heteroatoms. The first-order valence-electron chi connectivity index (χ1n) is 4.49. The quantitative estimate of drug-likeness (QED) is 0.453. The molecular weight excluding hydrogens is 242 g/mol. The first-order valence-corrected chi connectivity index (χ1v) is 4.49. The van der Waals surface area contributed by atoms with Gasteiger partial charge in [-0.1, -0.05) is 0 Å². The minimum Gasteiger partial charge on any atom is -0.423 e. The maximum atomic E-state index is 12.7. The molecule has 1 N–H and O–H groups in total. The van der Waals surface area contributed by atoms with Crippen molar-refractivity contribution in [3.8, 4) is 0 Å². The van der Waals surface area contributed by atoms with E-state index < -0.39 is 36.1 Å². The van der Waals surface area contributed by atoms with Crippen LogP contribution in [0.4, 0.5) is 18.9 Å². The summed E-state index contributed by atoms with van der Waals surface area (Å²) in [5.74, 6) is 0. The Bertz CT molecular complexity index is 490. The molecule has 5 nitrogen and oxygen atoms in total. The zero-order valence-corrected chi connectivity index (χ0v) is 8.19. The third-order valence-electron chi connectivity index (χ3n) is 2.44. The number of nitro benzene ring substituents is 1. The molecule has 0 saturated heterocycles. The van der Waals surface area contributed by atoms with Gasteiger partial charge in [-0.2, -0.15) is 13.2 Å². The standard InChI is InChI=1S/C8H5BF3NO4/c10-8(11,12)6-1-4(13(15)16)2-7-5(6)3-17-9(7)14/h1-2,14H,3H2. The number of nitrogens with zero attached hydrogens (tertiary/aromatic N) is 1. The van der Waals surface area contributed by atoms with Crippen molar-refractivity contribution in [3.63, 3.8) is 0 Å². The molecule has 0 saturated carbocycles. The average molecular weight is 247 g/mol. The van der Waals surface area contributed by atoms with Gasteiger partial charge in [0, 0.05) is 12.1 Å². The highest BCUT2D eigenvalue weighted by Crippen LogP contribution is 2.35. The molecule has 17 heavy (non-hydrogen) atoms. The molecule has 1 aliphatic heterocycles. The highest BCUT2D eigenvalue weighted by Gasteiger charge is 2.41. The van der Waals surface area contributed by atoms with Crippen LogP contribution in [0.1, 0.15) is 11.1 Å². The van der Waals surface area contributed by atoms with Crippen molar-refractivity contribution < 1.29 is 27.8 Å². The molecule has 0 radical (unpaired) electrons. The number of fused-ring (bicyclic) bond motifs is 1. The van der Waals surface area contributed by atoms with Gasteiger partial charge in [-0.15, -0.1) is 0 Å². The summed E-state index contributed by atoms with van der Waals surface area (Å²) in [6.45, 7) is -0.413. The predicted octanol–water partition coefficient (Wildman–Crippen LogP) is 0.831. The van der Waals surface area contributed by atoms with Crippen LogP contribution in [0, 0.1) is 10.1 Å². The van der Waals surface area contributed by atoms with Crippen LogP contribution in [0.3, 0.4) is 0 Å². The van der Waals surface area contributed by atoms with E-state index in [-0.39, 0.29) is 11.0 Å². The van der Waals surface area contributed by atoms with Gasteiger partial charge in [-0.3, -0.25) is 10.1 Å². The Labute approximate surface area is 93.1 Å². The van der Waals surface area contributed by atoms with E-state index in [2.05, 4.69) is 4.65 Å². The molecule has 0 amide bonds. The van der Waals surface area contributed by atoms with Gasteiger partial charge in [0.15, 0.2) is 0 Å². The Morgan fingerprint density at radius 1 is 1.47 bits per heavy atom. The van der Waals surface area contributed by atoms with E-state index in [1.165, 1.54) is 0 Å². The second-order valence-electron chi connectivity index (χ2n) is 3.48. The predicted molar refractivity (Wildman–Crippen MR) is 50.5 cm³/mol. The number of non-ortho nitro benzene ring substituents is 1. The van der Waals surface area contributed by atoms with Crippen LogP contribution in [0.15, 0.2) is 12.1 Å². The summed E-state index contributed by atoms with van der Waals surface area (Å²) in [5, 5.41) is 19.8. The third-order valence-corrected chi connectivity index (χ3v) is 2.44. The normalized spacial score (nSPS) is 14.9. The molecule has 1 heterocycles. The molecular formula is C8H5BF3NO4. The summed E-state index contributed by atoms with van der Waals surface area (Å²) in [6.07, 6.45) is -4.72. The van der Waals surface area contributed by atoms with E-state index >= 15 is 0 Å². The largest absolute Gasteiger partial charge is 0.492 e. The summed E-state index contributed by atoms with van der Waals surface area (Å²) in [7, 11) is -1.55. The van der Waals surface area contributed by atoms with Crippen molar-refractivity contribution in [3.05, 3.63) is 33.4 Å². The Hall–Kier alpha value is -1.61. The molecule has 0 fully saturated rings. The van der Waals surface area contributed by atoms with E-state index in [0.29, 0.717) is 6.07 Å². The Morgan fingerprint density at radius 2 is 2.12 bits per heavy atom. The van der Waals surface area contributed by atoms with Gasteiger partial charge in [0.05, 0.1) is 17.1 Å². The zero-order chi connectivity index (χ0) is 12.8. The molecule has 1 aliphatic rings. The van der Waals surface area contributed by atoms with Gasteiger partial charge < -0.3 is 9.68 Å². The van der Waals surface area contributed by atoms with Crippen LogP contribution in [-0.2, 0) is 17.4 Å². The summed E-state index contributed by atoms with van der Waals surface area (Å²) in [6, 6.07) is 1.34. The number of benzene rings is 1. The molecule has 0 atom stereocenters. The maximum absolute atomic E-state index is 12.7. The lowest BCUT2D eigenvalue weighted by molar-refractivity contribution is -0.385. The monoisotopic (exact) mass is 247 g/mol. The number of alkyl halides is 3. The fourth-order valence-electron chi connectivity index (χ4n) is 1.67. The molecule has 2 rings (SSSR count). The topological polar surface area (TPSA) is 72.6 Å². The molecule has 0 bridgehead atoms. The molecule has 0 spiro atoms. The SMILES string of the molecule is O=[N+]([O-])c1cc2c(c(C(F)(F)F)c1)COB2O. The van der Waals surface area contributed by atoms with Gasteiger partial charge in [-0.05, 0) is 11.0 Å². The van der Waals surface area contributed by atoms with Crippen LogP contribution in [0.2, 0.25) is 0 Å². The van der Waals surface area contributed by atoms with E-state index in [4.69, 9.17) is 0 Å². The van der Waals surface area contributed by atoms with Crippen molar-refractivity contribution in [2.45, 2.75) is 12.8 Å².